The highest BCUT2D eigenvalue weighted by Crippen LogP contribution is 2.36. The van der Waals surface area contributed by atoms with Gasteiger partial charge in [0.05, 0.1) is 0 Å². The zero-order valence-electron chi connectivity index (χ0n) is 14.8. The summed E-state index contributed by atoms with van der Waals surface area (Å²) in [6, 6.07) is 15.7. The summed E-state index contributed by atoms with van der Waals surface area (Å²) in [5, 5.41) is 13.7. The third-order valence-electron chi connectivity index (χ3n) is 4.30. The molecule has 0 saturated carbocycles. The van der Waals surface area contributed by atoms with E-state index in [1.807, 2.05) is 30.3 Å². The molecule has 0 spiro atoms. The molecule has 6 nitrogen and oxygen atoms in total. The molecular formula is C21H20N4O2. The molecule has 3 rings (SSSR count). The van der Waals surface area contributed by atoms with Crippen LogP contribution in [0.25, 0.3) is 0 Å². The average Bonchev–Trinajstić information content (AvgIpc) is 3.47. The van der Waals surface area contributed by atoms with E-state index in [-0.39, 0.29) is 11.8 Å². The molecule has 136 valence electrons. The van der Waals surface area contributed by atoms with Crippen molar-refractivity contribution >= 4 is 17.5 Å². The van der Waals surface area contributed by atoms with Gasteiger partial charge in [-0.15, -0.1) is 12.3 Å². The van der Waals surface area contributed by atoms with Crippen LogP contribution in [0, 0.1) is 12.3 Å². The summed E-state index contributed by atoms with van der Waals surface area (Å²) in [6.07, 6.45) is 7.23. The van der Waals surface area contributed by atoms with Crippen LogP contribution in [0.2, 0.25) is 0 Å². The van der Waals surface area contributed by atoms with Gasteiger partial charge in [-0.2, -0.15) is 10.2 Å². The molecule has 0 radical (unpaired) electrons. The molecule has 0 unspecified atom stereocenters. The van der Waals surface area contributed by atoms with Crippen LogP contribution in [0.5, 0.6) is 0 Å². The molecule has 27 heavy (non-hydrogen) atoms. The maximum Gasteiger partial charge on any atom is 0.255 e. The van der Waals surface area contributed by atoms with Crippen molar-refractivity contribution in [2.24, 2.45) is 10.2 Å². The highest BCUT2D eigenvalue weighted by molar-refractivity contribution is 6.05. The normalized spacial score (nSPS) is 13.4. The standard InChI is InChI=1S/C21H20N4O2/c1-2-3-13-21(24-25-21)14-15-22-19(26)16-9-11-17(12-10-16)20(27)23-18-7-5-4-6-8-18/h1,4-12H,3,13-15H2,(H,22,26)(H,23,27). The Bertz CT molecular complexity index is 877. The third-order valence-corrected chi connectivity index (χ3v) is 4.30. The van der Waals surface area contributed by atoms with Crippen LogP contribution in [0.3, 0.4) is 0 Å². The number of hydrogen-bond donors (Lipinski definition) is 2. The number of hydrogen-bond acceptors (Lipinski definition) is 4. The van der Waals surface area contributed by atoms with Crippen molar-refractivity contribution in [1.82, 2.24) is 5.32 Å². The fraction of sp³-hybridized carbons (Fsp3) is 0.238. The van der Waals surface area contributed by atoms with E-state index in [1.54, 1.807) is 24.3 Å². The lowest BCUT2D eigenvalue weighted by atomic mass is 10.0. The van der Waals surface area contributed by atoms with Gasteiger partial charge in [0.15, 0.2) is 5.66 Å². The summed E-state index contributed by atoms with van der Waals surface area (Å²) >= 11 is 0. The highest BCUT2D eigenvalue weighted by atomic mass is 16.2. The number of nitrogens with zero attached hydrogens (tertiary/aromatic N) is 2. The Morgan fingerprint density at radius 1 is 0.926 bits per heavy atom. The average molecular weight is 360 g/mol. The van der Waals surface area contributed by atoms with E-state index in [1.165, 1.54) is 0 Å². The maximum absolute atomic E-state index is 12.2. The van der Waals surface area contributed by atoms with E-state index in [2.05, 4.69) is 26.8 Å². The van der Waals surface area contributed by atoms with Crippen LogP contribution < -0.4 is 10.6 Å². The molecule has 2 aromatic carbocycles. The molecule has 1 heterocycles. The van der Waals surface area contributed by atoms with Gasteiger partial charge in [0.25, 0.3) is 11.8 Å². The van der Waals surface area contributed by atoms with Crippen LogP contribution in [0.1, 0.15) is 40.0 Å². The maximum atomic E-state index is 12.2. The van der Waals surface area contributed by atoms with Gasteiger partial charge in [0, 0.05) is 42.6 Å². The van der Waals surface area contributed by atoms with Gasteiger partial charge >= 0.3 is 0 Å². The number of terminal acetylenes is 1. The van der Waals surface area contributed by atoms with Gasteiger partial charge in [0.1, 0.15) is 0 Å². The fourth-order valence-electron chi connectivity index (χ4n) is 2.64. The number of nitrogens with one attached hydrogen (secondary N) is 2. The Morgan fingerprint density at radius 2 is 1.56 bits per heavy atom. The number of para-hydroxylation sites is 1. The summed E-state index contributed by atoms with van der Waals surface area (Å²) in [5.41, 5.74) is 1.30. The zero-order valence-corrected chi connectivity index (χ0v) is 14.8. The third kappa shape index (κ3) is 5.02. The van der Waals surface area contributed by atoms with Gasteiger partial charge in [-0.3, -0.25) is 9.59 Å². The molecule has 2 N–H and O–H groups in total. The summed E-state index contributed by atoms with van der Waals surface area (Å²) in [7, 11) is 0. The van der Waals surface area contributed by atoms with Crippen molar-refractivity contribution in [2.45, 2.75) is 24.9 Å². The molecule has 1 aliphatic heterocycles. The number of carbonyl (C=O) groups is 2. The SMILES string of the molecule is C#CCCC1(CCNC(=O)c2ccc(C(=O)Nc3ccccc3)cc2)N=N1. The quantitative estimate of drug-likeness (QED) is 0.705. The van der Waals surface area contributed by atoms with E-state index in [4.69, 9.17) is 6.42 Å². The van der Waals surface area contributed by atoms with E-state index in [0.717, 1.165) is 5.69 Å². The van der Waals surface area contributed by atoms with Crippen LogP contribution in [-0.4, -0.2) is 24.0 Å². The molecule has 0 fully saturated rings. The van der Waals surface area contributed by atoms with E-state index >= 15 is 0 Å². The van der Waals surface area contributed by atoms with Gasteiger partial charge in [-0.05, 0) is 36.4 Å². The van der Waals surface area contributed by atoms with Gasteiger partial charge in [-0.25, -0.2) is 0 Å². The summed E-state index contributed by atoms with van der Waals surface area (Å²) in [4.78, 5) is 24.5. The van der Waals surface area contributed by atoms with Crippen molar-refractivity contribution in [3.63, 3.8) is 0 Å². The second-order valence-electron chi connectivity index (χ2n) is 6.29. The highest BCUT2D eigenvalue weighted by Gasteiger charge is 2.38. The predicted molar refractivity (Wildman–Crippen MR) is 103 cm³/mol. The minimum absolute atomic E-state index is 0.197. The molecule has 0 saturated heterocycles. The first-order valence-electron chi connectivity index (χ1n) is 8.74. The van der Waals surface area contributed by atoms with Crippen molar-refractivity contribution < 1.29 is 9.59 Å². The first-order chi connectivity index (χ1) is 13.1. The Hall–Kier alpha value is -3.46. The molecule has 2 aromatic rings. The molecule has 0 bridgehead atoms. The van der Waals surface area contributed by atoms with Crippen molar-refractivity contribution in [3.8, 4) is 12.3 Å². The molecule has 1 aliphatic rings. The monoisotopic (exact) mass is 360 g/mol. The Kier molecular flexibility index (Phi) is 5.62. The Balaban J connectivity index is 1.49. The Morgan fingerprint density at radius 3 is 2.15 bits per heavy atom. The Labute approximate surface area is 158 Å². The molecular weight excluding hydrogens is 340 g/mol. The minimum Gasteiger partial charge on any atom is -0.352 e. The largest absolute Gasteiger partial charge is 0.352 e. The lowest BCUT2D eigenvalue weighted by Crippen LogP contribution is -2.28. The van der Waals surface area contributed by atoms with Crippen molar-refractivity contribution in [2.75, 3.05) is 11.9 Å². The predicted octanol–water partition coefficient (Wildman–Crippen LogP) is 3.63. The van der Waals surface area contributed by atoms with Crippen LogP contribution >= 0.6 is 0 Å². The minimum atomic E-state index is -0.404. The second-order valence-corrected chi connectivity index (χ2v) is 6.29. The van der Waals surface area contributed by atoms with Crippen LogP contribution in [0.15, 0.2) is 64.8 Å². The molecule has 0 atom stereocenters. The summed E-state index contributed by atoms with van der Waals surface area (Å²) in [5.74, 6) is 2.16. The van der Waals surface area contributed by atoms with E-state index < -0.39 is 5.66 Å². The second kappa shape index (κ2) is 8.28. The first kappa shape index (κ1) is 18.3. The van der Waals surface area contributed by atoms with Gasteiger partial charge < -0.3 is 10.6 Å². The lowest BCUT2D eigenvalue weighted by Gasteiger charge is -2.10. The number of anilines is 1. The smallest absolute Gasteiger partial charge is 0.255 e. The molecule has 0 aromatic heterocycles. The fourth-order valence-corrected chi connectivity index (χ4v) is 2.64. The van der Waals surface area contributed by atoms with Crippen molar-refractivity contribution in [3.05, 3.63) is 65.7 Å². The lowest BCUT2D eigenvalue weighted by molar-refractivity contribution is 0.0950. The van der Waals surface area contributed by atoms with Crippen LogP contribution in [0.4, 0.5) is 5.69 Å². The number of rotatable bonds is 8. The number of amides is 2. The van der Waals surface area contributed by atoms with E-state index in [9.17, 15) is 9.59 Å². The number of benzene rings is 2. The van der Waals surface area contributed by atoms with Gasteiger partial charge in [0.2, 0.25) is 0 Å². The van der Waals surface area contributed by atoms with Crippen LogP contribution in [-0.2, 0) is 0 Å². The topological polar surface area (TPSA) is 82.9 Å². The molecule has 6 heteroatoms. The number of carbonyl (C=O) groups excluding carboxylic acids is 2. The molecule has 2 amide bonds. The van der Waals surface area contributed by atoms with Crippen molar-refractivity contribution in [1.29, 1.82) is 0 Å². The molecule has 0 aliphatic carbocycles. The van der Waals surface area contributed by atoms with E-state index in [0.29, 0.717) is 36.9 Å². The first-order valence-corrected chi connectivity index (χ1v) is 8.74. The zero-order chi connectivity index (χ0) is 19.1. The summed E-state index contributed by atoms with van der Waals surface area (Å²) < 4.78 is 0. The summed E-state index contributed by atoms with van der Waals surface area (Å²) in [6.45, 7) is 0.465. The van der Waals surface area contributed by atoms with Gasteiger partial charge in [-0.1, -0.05) is 18.2 Å².